The number of hydrogen-bond acceptors (Lipinski definition) is 3. The van der Waals surface area contributed by atoms with E-state index in [2.05, 4.69) is 0 Å². The van der Waals surface area contributed by atoms with Crippen LogP contribution in [0.2, 0.25) is 0 Å². The number of hydrogen-bond donors (Lipinski definition) is 0. The Bertz CT molecular complexity index is 361. The van der Waals surface area contributed by atoms with Crippen LogP contribution in [0, 0.1) is 0 Å². The molecule has 0 aromatic rings. The van der Waals surface area contributed by atoms with Gasteiger partial charge in [-0.15, -0.1) is 11.8 Å². The van der Waals surface area contributed by atoms with Crippen LogP contribution in [-0.4, -0.2) is 35.7 Å². The van der Waals surface area contributed by atoms with Gasteiger partial charge in [0, 0.05) is 6.42 Å². The van der Waals surface area contributed by atoms with Crippen LogP contribution in [0.4, 0.5) is 22.0 Å². The third kappa shape index (κ3) is 10.9. The molecule has 8 heteroatoms. The van der Waals surface area contributed by atoms with E-state index >= 15 is 0 Å². The predicted molar refractivity (Wildman–Crippen MR) is 91.1 cm³/mol. The lowest BCUT2D eigenvalue weighted by atomic mass is 10.1. The number of ether oxygens (including phenoxy) is 1. The fraction of sp³-hybridized carbons (Fsp3) is 0.941. The maximum absolute atomic E-state index is 12.8. The van der Waals surface area contributed by atoms with Crippen LogP contribution in [0.25, 0.3) is 0 Å². The van der Waals surface area contributed by atoms with E-state index in [1.54, 1.807) is 0 Å². The summed E-state index contributed by atoms with van der Waals surface area (Å²) >= 11 is 1.30. The predicted octanol–water partition coefficient (Wildman–Crippen LogP) is 6.38. The van der Waals surface area contributed by atoms with E-state index in [9.17, 15) is 26.7 Å². The van der Waals surface area contributed by atoms with Crippen molar-refractivity contribution < 1.29 is 31.5 Å². The van der Waals surface area contributed by atoms with Crippen molar-refractivity contribution >= 4 is 17.7 Å². The van der Waals surface area contributed by atoms with Crippen molar-refractivity contribution in [3.63, 3.8) is 0 Å². The molecule has 0 amide bonds. The standard InChI is InChI=1S/C17H29F5O2S/c1-3-5-7-10-14(15(23)24-12-6-4-2)25-13-9-8-11-16(18,19)17(20,21)22/h14H,3-13H2,1-2H3. The maximum Gasteiger partial charge on any atom is 0.453 e. The van der Waals surface area contributed by atoms with Crippen molar-refractivity contribution in [2.24, 2.45) is 0 Å². The number of alkyl halides is 5. The average molecular weight is 392 g/mol. The van der Waals surface area contributed by atoms with Gasteiger partial charge in [-0.25, -0.2) is 0 Å². The summed E-state index contributed by atoms with van der Waals surface area (Å²) in [6.07, 6.45) is -1.53. The van der Waals surface area contributed by atoms with Gasteiger partial charge in [-0.1, -0.05) is 39.5 Å². The molecule has 0 spiro atoms. The first-order chi connectivity index (χ1) is 11.7. The number of unbranched alkanes of at least 4 members (excludes halogenated alkanes) is 4. The lowest BCUT2D eigenvalue weighted by molar-refractivity contribution is -0.284. The Kier molecular flexibility index (Phi) is 12.5. The van der Waals surface area contributed by atoms with E-state index in [0.717, 1.165) is 32.1 Å². The molecule has 0 aliphatic carbocycles. The summed E-state index contributed by atoms with van der Waals surface area (Å²) in [5.41, 5.74) is 0. The van der Waals surface area contributed by atoms with Crippen molar-refractivity contribution in [1.29, 1.82) is 0 Å². The van der Waals surface area contributed by atoms with E-state index in [0.29, 0.717) is 18.8 Å². The van der Waals surface area contributed by atoms with Crippen LogP contribution < -0.4 is 0 Å². The Morgan fingerprint density at radius 1 is 0.960 bits per heavy atom. The molecule has 0 saturated carbocycles. The SMILES string of the molecule is CCCCCC(SCCCCC(F)(F)C(F)(F)F)C(=O)OCCCC. The van der Waals surface area contributed by atoms with Crippen molar-refractivity contribution in [3.8, 4) is 0 Å². The first-order valence-corrected chi connectivity index (χ1v) is 9.93. The molecule has 25 heavy (non-hydrogen) atoms. The third-order valence-electron chi connectivity index (χ3n) is 3.69. The molecule has 0 rings (SSSR count). The number of carbonyl (C=O) groups excluding carboxylic acids is 1. The first kappa shape index (κ1) is 24.5. The lowest BCUT2D eigenvalue weighted by Gasteiger charge is -2.19. The summed E-state index contributed by atoms with van der Waals surface area (Å²) in [5.74, 6) is -4.58. The molecule has 0 radical (unpaired) electrons. The van der Waals surface area contributed by atoms with E-state index in [-0.39, 0.29) is 24.1 Å². The molecule has 1 unspecified atom stereocenters. The lowest BCUT2D eigenvalue weighted by Crippen LogP contribution is -2.36. The fourth-order valence-corrected chi connectivity index (χ4v) is 3.27. The largest absolute Gasteiger partial charge is 0.465 e. The molecule has 150 valence electrons. The summed E-state index contributed by atoms with van der Waals surface area (Å²) in [6, 6.07) is 0. The number of esters is 1. The molecule has 0 bridgehead atoms. The molecule has 0 aromatic heterocycles. The molecule has 1 atom stereocenters. The normalized spacial score (nSPS) is 13.7. The maximum atomic E-state index is 12.8. The Morgan fingerprint density at radius 3 is 2.16 bits per heavy atom. The van der Waals surface area contributed by atoms with Crippen molar-refractivity contribution in [3.05, 3.63) is 0 Å². The third-order valence-corrected chi connectivity index (χ3v) is 5.05. The molecular weight excluding hydrogens is 363 g/mol. The molecule has 0 N–H and O–H groups in total. The van der Waals surface area contributed by atoms with Crippen molar-refractivity contribution in [1.82, 2.24) is 0 Å². The summed E-state index contributed by atoms with van der Waals surface area (Å²) in [4.78, 5) is 12.1. The summed E-state index contributed by atoms with van der Waals surface area (Å²) in [5, 5.41) is -0.369. The molecule has 0 aromatic carbocycles. The number of carbonyl (C=O) groups is 1. The minimum atomic E-state index is -5.49. The number of rotatable bonds is 14. The zero-order chi connectivity index (χ0) is 19.3. The first-order valence-electron chi connectivity index (χ1n) is 8.88. The highest BCUT2D eigenvalue weighted by molar-refractivity contribution is 8.00. The Morgan fingerprint density at radius 2 is 1.60 bits per heavy atom. The highest BCUT2D eigenvalue weighted by Crippen LogP contribution is 2.39. The minimum absolute atomic E-state index is 0.211. The molecule has 2 nitrogen and oxygen atoms in total. The van der Waals surface area contributed by atoms with Crippen LogP contribution in [0.15, 0.2) is 0 Å². The molecule has 0 fully saturated rings. The highest BCUT2D eigenvalue weighted by atomic mass is 32.2. The van der Waals surface area contributed by atoms with E-state index < -0.39 is 18.5 Å². The molecule has 0 aliphatic rings. The Hall–Kier alpha value is -0.530. The quantitative estimate of drug-likeness (QED) is 0.195. The zero-order valence-electron chi connectivity index (χ0n) is 15.0. The van der Waals surface area contributed by atoms with Gasteiger partial charge in [0.25, 0.3) is 0 Å². The Balaban J connectivity index is 4.22. The van der Waals surface area contributed by atoms with E-state index in [4.69, 9.17) is 4.74 Å². The van der Waals surface area contributed by atoms with Crippen LogP contribution in [0.1, 0.15) is 71.6 Å². The van der Waals surface area contributed by atoms with E-state index in [1.165, 1.54) is 11.8 Å². The van der Waals surface area contributed by atoms with Crippen molar-refractivity contribution in [2.75, 3.05) is 12.4 Å². The second-order valence-corrected chi connectivity index (χ2v) is 7.35. The second-order valence-electron chi connectivity index (χ2n) is 6.04. The Labute approximate surface area is 151 Å². The zero-order valence-corrected chi connectivity index (χ0v) is 15.8. The van der Waals surface area contributed by atoms with Gasteiger partial charge in [0.15, 0.2) is 0 Å². The number of thioether (sulfide) groups is 1. The molecule has 0 saturated heterocycles. The van der Waals surface area contributed by atoms with Crippen LogP contribution in [-0.2, 0) is 9.53 Å². The van der Waals surface area contributed by atoms with Crippen molar-refractivity contribution in [2.45, 2.75) is 89.0 Å². The minimum Gasteiger partial charge on any atom is -0.465 e. The average Bonchev–Trinajstić information content (AvgIpc) is 2.52. The topological polar surface area (TPSA) is 26.3 Å². The summed E-state index contributed by atoms with van der Waals surface area (Å²) < 4.78 is 67.1. The van der Waals surface area contributed by atoms with Crippen LogP contribution >= 0.6 is 11.8 Å². The van der Waals surface area contributed by atoms with Gasteiger partial charge in [0.05, 0.1) is 6.61 Å². The van der Waals surface area contributed by atoms with Gasteiger partial charge < -0.3 is 4.74 Å². The van der Waals surface area contributed by atoms with Gasteiger partial charge in [0.2, 0.25) is 0 Å². The highest BCUT2D eigenvalue weighted by Gasteiger charge is 2.56. The summed E-state index contributed by atoms with van der Waals surface area (Å²) in [6.45, 7) is 4.39. The van der Waals surface area contributed by atoms with Gasteiger partial charge >= 0.3 is 18.1 Å². The monoisotopic (exact) mass is 392 g/mol. The smallest absolute Gasteiger partial charge is 0.453 e. The second kappa shape index (κ2) is 12.8. The molecule has 0 heterocycles. The van der Waals surface area contributed by atoms with Crippen LogP contribution in [0.3, 0.4) is 0 Å². The van der Waals surface area contributed by atoms with Crippen LogP contribution in [0.5, 0.6) is 0 Å². The van der Waals surface area contributed by atoms with E-state index in [1.807, 2.05) is 13.8 Å². The van der Waals surface area contributed by atoms with Gasteiger partial charge in [-0.3, -0.25) is 4.79 Å². The summed E-state index contributed by atoms with van der Waals surface area (Å²) in [7, 11) is 0. The fourth-order valence-electron chi connectivity index (χ4n) is 2.08. The molecule has 0 aliphatic heterocycles. The number of halogens is 5. The van der Waals surface area contributed by atoms with Gasteiger partial charge in [-0.2, -0.15) is 22.0 Å². The van der Waals surface area contributed by atoms with Gasteiger partial charge in [-0.05, 0) is 31.4 Å². The molecular formula is C17H29F5O2S. The van der Waals surface area contributed by atoms with Gasteiger partial charge in [0.1, 0.15) is 5.25 Å².